The lowest BCUT2D eigenvalue weighted by atomic mass is 9.95. The highest BCUT2D eigenvalue weighted by molar-refractivity contribution is 6.03. The largest absolute Gasteiger partial charge is 0.457 e. The molecule has 3 aromatic rings. The van der Waals surface area contributed by atoms with Crippen molar-refractivity contribution in [1.29, 1.82) is 0 Å². The second kappa shape index (κ2) is 12.5. The number of carbonyl (C=O) groups excluding carboxylic acids is 3. The first kappa shape index (κ1) is 28.9. The number of hydrogen-bond donors (Lipinski definition) is 2. The van der Waals surface area contributed by atoms with Gasteiger partial charge in [-0.1, -0.05) is 56.3 Å². The van der Waals surface area contributed by atoms with Gasteiger partial charge in [0, 0.05) is 13.1 Å². The maximum absolute atomic E-state index is 14.1. The quantitative estimate of drug-likeness (QED) is 0.335. The van der Waals surface area contributed by atoms with Crippen molar-refractivity contribution in [1.82, 2.24) is 20.4 Å². The van der Waals surface area contributed by atoms with Crippen molar-refractivity contribution in [3.05, 3.63) is 107 Å². The first-order valence-electron chi connectivity index (χ1n) is 14.2. The minimum absolute atomic E-state index is 0.116. The zero-order valence-corrected chi connectivity index (χ0v) is 24.0. The molecule has 0 unspecified atom stereocenters. The van der Waals surface area contributed by atoms with Gasteiger partial charge in [0.2, 0.25) is 5.91 Å². The van der Waals surface area contributed by atoms with Crippen LogP contribution in [0.1, 0.15) is 44.4 Å². The first-order valence-corrected chi connectivity index (χ1v) is 14.2. The highest BCUT2D eigenvalue weighted by Crippen LogP contribution is 2.38. The van der Waals surface area contributed by atoms with Crippen LogP contribution in [0.5, 0.6) is 11.5 Å². The number of halogens is 1. The van der Waals surface area contributed by atoms with Gasteiger partial charge in [0.15, 0.2) is 0 Å². The van der Waals surface area contributed by atoms with E-state index in [2.05, 4.69) is 10.6 Å². The highest BCUT2D eigenvalue weighted by Gasteiger charge is 2.46. The maximum Gasteiger partial charge on any atom is 0.322 e. The van der Waals surface area contributed by atoms with Gasteiger partial charge in [0.1, 0.15) is 23.4 Å². The van der Waals surface area contributed by atoms with Gasteiger partial charge in [-0.2, -0.15) is 0 Å². The normalized spacial score (nSPS) is 17.3. The van der Waals surface area contributed by atoms with Crippen LogP contribution in [-0.2, 0) is 16.1 Å². The molecule has 4 amide bonds. The molecule has 218 valence electrons. The SMILES string of the molecule is CCN1C(=O)N[C@@H](c2cccc(Oc3ccccc3)c2)C2=C1CN([C@H](CC(C)C)C(=O)NCc1cccc(F)c1)C2=O. The number of nitrogens with one attached hydrogen (secondary N) is 2. The highest BCUT2D eigenvalue weighted by atomic mass is 19.1. The average Bonchev–Trinajstić information content (AvgIpc) is 3.31. The molecule has 2 N–H and O–H groups in total. The van der Waals surface area contributed by atoms with E-state index in [1.807, 2.05) is 75.4 Å². The Hall–Kier alpha value is -4.66. The number of hydrogen-bond acceptors (Lipinski definition) is 4. The monoisotopic (exact) mass is 570 g/mol. The topological polar surface area (TPSA) is 91.0 Å². The summed E-state index contributed by atoms with van der Waals surface area (Å²) in [4.78, 5) is 44.0. The van der Waals surface area contributed by atoms with Crippen molar-refractivity contribution in [2.45, 2.75) is 45.8 Å². The van der Waals surface area contributed by atoms with Crippen molar-refractivity contribution < 1.29 is 23.5 Å². The molecular formula is C33H35FN4O4. The Kier molecular flexibility index (Phi) is 8.56. The van der Waals surface area contributed by atoms with E-state index >= 15 is 0 Å². The number of nitrogens with zero attached hydrogens (tertiary/aromatic N) is 2. The Morgan fingerprint density at radius 3 is 2.48 bits per heavy atom. The van der Waals surface area contributed by atoms with E-state index in [0.29, 0.717) is 46.9 Å². The lowest BCUT2D eigenvalue weighted by Gasteiger charge is -2.33. The van der Waals surface area contributed by atoms with Crippen LogP contribution in [-0.4, -0.2) is 46.8 Å². The van der Waals surface area contributed by atoms with Gasteiger partial charge < -0.3 is 20.3 Å². The van der Waals surface area contributed by atoms with E-state index in [4.69, 9.17) is 4.74 Å². The predicted octanol–water partition coefficient (Wildman–Crippen LogP) is 5.53. The Morgan fingerprint density at radius 1 is 1.02 bits per heavy atom. The van der Waals surface area contributed by atoms with Gasteiger partial charge >= 0.3 is 6.03 Å². The fourth-order valence-electron chi connectivity index (χ4n) is 5.51. The Labute approximate surface area is 245 Å². The number of carbonyl (C=O) groups is 3. The van der Waals surface area contributed by atoms with Crippen molar-refractivity contribution in [2.24, 2.45) is 5.92 Å². The van der Waals surface area contributed by atoms with Gasteiger partial charge in [-0.25, -0.2) is 9.18 Å². The van der Waals surface area contributed by atoms with E-state index < -0.39 is 12.1 Å². The number of rotatable bonds is 10. The molecule has 8 nitrogen and oxygen atoms in total. The first-order chi connectivity index (χ1) is 20.2. The summed E-state index contributed by atoms with van der Waals surface area (Å²) in [7, 11) is 0. The molecule has 42 heavy (non-hydrogen) atoms. The average molecular weight is 571 g/mol. The van der Waals surface area contributed by atoms with E-state index in [9.17, 15) is 18.8 Å². The Bertz CT molecular complexity index is 1510. The molecule has 0 bridgehead atoms. The molecule has 3 aromatic carbocycles. The molecule has 0 radical (unpaired) electrons. The zero-order valence-electron chi connectivity index (χ0n) is 24.0. The van der Waals surface area contributed by atoms with E-state index in [0.717, 1.165) is 0 Å². The Balaban J connectivity index is 1.42. The summed E-state index contributed by atoms with van der Waals surface area (Å²) in [5.74, 6) is 0.360. The van der Waals surface area contributed by atoms with Gasteiger partial charge in [-0.05, 0) is 66.8 Å². The van der Waals surface area contributed by atoms with Gasteiger partial charge in [0.05, 0.1) is 23.9 Å². The maximum atomic E-state index is 14.1. The molecule has 0 saturated carbocycles. The molecule has 0 fully saturated rings. The van der Waals surface area contributed by atoms with E-state index in [1.54, 1.807) is 21.9 Å². The number of ether oxygens (including phenoxy) is 1. The fraction of sp³-hybridized carbons (Fsp3) is 0.303. The summed E-state index contributed by atoms with van der Waals surface area (Å²) in [6.45, 7) is 6.48. The number of benzene rings is 3. The molecule has 2 atom stereocenters. The molecule has 9 heteroatoms. The number of urea groups is 1. The third kappa shape index (κ3) is 6.15. The lowest BCUT2D eigenvalue weighted by Crippen LogP contribution is -2.49. The van der Waals surface area contributed by atoms with Gasteiger partial charge in [-0.15, -0.1) is 0 Å². The number of para-hydroxylation sites is 1. The second-order valence-corrected chi connectivity index (χ2v) is 10.9. The number of likely N-dealkylation sites (N-methyl/N-ethyl adjacent to an activating group) is 1. The van der Waals surface area contributed by atoms with E-state index in [1.165, 1.54) is 12.1 Å². The summed E-state index contributed by atoms with van der Waals surface area (Å²) in [6, 6.07) is 20.9. The zero-order chi connectivity index (χ0) is 29.8. The smallest absolute Gasteiger partial charge is 0.322 e. The summed E-state index contributed by atoms with van der Waals surface area (Å²) in [6.07, 6.45) is 0.430. The number of amides is 4. The molecule has 2 aliphatic heterocycles. The Morgan fingerprint density at radius 2 is 1.76 bits per heavy atom. The fourth-order valence-corrected chi connectivity index (χ4v) is 5.51. The van der Waals surface area contributed by atoms with Crippen LogP contribution >= 0.6 is 0 Å². The minimum atomic E-state index is -0.765. The summed E-state index contributed by atoms with van der Waals surface area (Å²) in [5.41, 5.74) is 2.37. The molecule has 5 rings (SSSR count). The molecule has 0 saturated heterocycles. The van der Waals surface area contributed by atoms with Crippen molar-refractivity contribution in [3.8, 4) is 11.5 Å². The molecule has 0 aromatic heterocycles. The molecule has 2 aliphatic rings. The standard InChI is InChI=1S/C33H35FN4O4/c1-4-37-28-20-38(27(16-21(2)3)31(39)35-19-22-10-8-12-24(34)17-22)32(40)29(28)30(36-33(37)41)23-11-9-15-26(18-23)42-25-13-6-5-7-14-25/h5-15,17-18,21,27,30H,4,16,19-20H2,1-3H3,(H,35,39)(H,36,41)/t27-,30+/m1/s1. The molecule has 2 heterocycles. The molecule has 0 spiro atoms. The summed E-state index contributed by atoms with van der Waals surface area (Å²) >= 11 is 0. The van der Waals surface area contributed by atoms with Crippen LogP contribution in [0.2, 0.25) is 0 Å². The van der Waals surface area contributed by atoms with Crippen molar-refractivity contribution in [3.63, 3.8) is 0 Å². The van der Waals surface area contributed by atoms with Crippen LogP contribution in [0.25, 0.3) is 0 Å². The van der Waals surface area contributed by atoms with Crippen molar-refractivity contribution in [2.75, 3.05) is 13.1 Å². The van der Waals surface area contributed by atoms with Crippen LogP contribution in [0.4, 0.5) is 9.18 Å². The van der Waals surface area contributed by atoms with E-state index in [-0.39, 0.29) is 42.7 Å². The van der Waals surface area contributed by atoms with Crippen molar-refractivity contribution >= 4 is 17.8 Å². The summed E-state index contributed by atoms with van der Waals surface area (Å²) in [5, 5.41) is 5.89. The van der Waals surface area contributed by atoms with Gasteiger partial charge in [0.25, 0.3) is 5.91 Å². The third-order valence-electron chi connectivity index (χ3n) is 7.47. The van der Waals surface area contributed by atoms with Crippen LogP contribution in [0.3, 0.4) is 0 Å². The van der Waals surface area contributed by atoms with Crippen LogP contribution < -0.4 is 15.4 Å². The predicted molar refractivity (Wildman–Crippen MR) is 157 cm³/mol. The van der Waals surface area contributed by atoms with Crippen LogP contribution in [0, 0.1) is 11.7 Å². The van der Waals surface area contributed by atoms with Gasteiger partial charge in [-0.3, -0.25) is 14.5 Å². The summed E-state index contributed by atoms with van der Waals surface area (Å²) < 4.78 is 19.7. The second-order valence-electron chi connectivity index (χ2n) is 10.9. The van der Waals surface area contributed by atoms with Crippen LogP contribution in [0.15, 0.2) is 90.1 Å². The molecule has 0 aliphatic carbocycles. The molecular weight excluding hydrogens is 535 g/mol. The lowest BCUT2D eigenvalue weighted by molar-refractivity contribution is -0.137. The third-order valence-corrected chi connectivity index (χ3v) is 7.47. The minimum Gasteiger partial charge on any atom is -0.457 e.